The molecule has 0 saturated carbocycles. The quantitative estimate of drug-likeness (QED) is 0.316. The molecule has 0 aliphatic carbocycles. The van der Waals surface area contributed by atoms with Crippen LogP contribution in [0.4, 0.5) is 0 Å². The van der Waals surface area contributed by atoms with Gasteiger partial charge in [0.15, 0.2) is 6.61 Å². The number of rotatable bonds is 7. The number of halogens is 2. The van der Waals surface area contributed by atoms with Gasteiger partial charge in [-0.25, -0.2) is 4.79 Å². The number of hydrogen-bond acceptors (Lipinski definition) is 3. The highest BCUT2D eigenvalue weighted by atomic mass is 35.5. The number of carboxylic acid groups (broad SMARTS) is 1. The molecule has 1 N–H and O–H groups in total. The van der Waals surface area contributed by atoms with Crippen LogP contribution in [-0.2, 0) is 9.53 Å². The molecular weight excluding hydrogens is 495 g/mol. The largest absolute Gasteiger partial charge is 0.482 e. The third-order valence-electron chi connectivity index (χ3n) is 6.92. The molecule has 1 heterocycles. The first kappa shape index (κ1) is 26.3. The fraction of sp³-hybridized carbons (Fsp3) is 0.300. The summed E-state index contributed by atoms with van der Waals surface area (Å²) in [4.78, 5) is 11.3. The number of aliphatic carboxylic acids is 1. The van der Waals surface area contributed by atoms with Crippen molar-refractivity contribution < 1.29 is 19.4 Å². The minimum Gasteiger partial charge on any atom is -0.482 e. The highest BCUT2D eigenvalue weighted by Crippen LogP contribution is 2.54. The number of benzene rings is 3. The van der Waals surface area contributed by atoms with E-state index in [1.54, 1.807) is 6.07 Å². The second kappa shape index (κ2) is 11.1. The Bertz CT molecular complexity index is 1250. The van der Waals surface area contributed by atoms with Crippen molar-refractivity contribution in [2.45, 2.75) is 45.3 Å². The Morgan fingerprint density at radius 1 is 1.06 bits per heavy atom. The van der Waals surface area contributed by atoms with E-state index in [0.29, 0.717) is 15.8 Å². The summed E-state index contributed by atoms with van der Waals surface area (Å²) < 4.78 is 12.8. The van der Waals surface area contributed by atoms with Crippen LogP contribution in [0.1, 0.15) is 59.3 Å². The van der Waals surface area contributed by atoms with E-state index in [1.165, 1.54) is 0 Å². The molecule has 0 bridgehead atoms. The molecular formula is C30H30Cl2O4. The van der Waals surface area contributed by atoms with Crippen LogP contribution >= 0.6 is 23.2 Å². The monoisotopic (exact) mass is 524 g/mol. The maximum atomic E-state index is 11.3. The smallest absolute Gasteiger partial charge is 0.341 e. The summed E-state index contributed by atoms with van der Waals surface area (Å²) in [5.74, 6) is -0.551. The summed E-state index contributed by atoms with van der Waals surface area (Å²) in [6.07, 6.45) is 0.114. The molecule has 1 aliphatic heterocycles. The minimum atomic E-state index is -1.04. The second-order valence-electron chi connectivity index (χ2n) is 9.46. The Labute approximate surface area is 222 Å². The van der Waals surface area contributed by atoms with E-state index in [-0.39, 0.29) is 17.9 Å². The van der Waals surface area contributed by atoms with Crippen molar-refractivity contribution >= 4 is 29.2 Å². The van der Waals surface area contributed by atoms with Gasteiger partial charge >= 0.3 is 5.97 Å². The molecule has 4 rings (SSSR count). The average Bonchev–Trinajstić information content (AvgIpc) is 2.86. The Morgan fingerprint density at radius 2 is 1.72 bits per heavy atom. The molecule has 0 spiro atoms. The molecule has 1 saturated heterocycles. The van der Waals surface area contributed by atoms with E-state index in [4.69, 9.17) is 32.7 Å². The molecule has 4 nitrogen and oxygen atoms in total. The van der Waals surface area contributed by atoms with Crippen molar-refractivity contribution in [3.05, 3.63) is 111 Å². The third-order valence-corrected chi connectivity index (χ3v) is 7.75. The number of carboxylic acids is 1. The molecule has 1 aliphatic rings. The van der Waals surface area contributed by atoms with Gasteiger partial charge in [0.25, 0.3) is 0 Å². The fourth-order valence-electron chi connectivity index (χ4n) is 5.12. The van der Waals surface area contributed by atoms with Crippen LogP contribution in [0.25, 0.3) is 0 Å². The van der Waals surface area contributed by atoms with E-state index in [2.05, 4.69) is 30.8 Å². The first-order valence-corrected chi connectivity index (χ1v) is 12.7. The lowest BCUT2D eigenvalue weighted by Gasteiger charge is -2.44. The predicted octanol–water partition coefficient (Wildman–Crippen LogP) is 8.25. The van der Waals surface area contributed by atoms with Crippen LogP contribution in [0, 0.1) is 19.8 Å². The van der Waals surface area contributed by atoms with Crippen LogP contribution < -0.4 is 4.74 Å². The molecule has 6 heteroatoms. The van der Waals surface area contributed by atoms with Crippen molar-refractivity contribution in [3.63, 3.8) is 0 Å². The second-order valence-corrected chi connectivity index (χ2v) is 10.3. The summed E-state index contributed by atoms with van der Waals surface area (Å²) in [6.45, 7) is 9.67. The zero-order valence-corrected chi connectivity index (χ0v) is 22.1. The lowest BCUT2D eigenvalue weighted by atomic mass is 9.73. The van der Waals surface area contributed by atoms with Gasteiger partial charge in [-0.3, -0.25) is 0 Å². The molecule has 0 unspecified atom stereocenters. The topological polar surface area (TPSA) is 55.8 Å². The van der Waals surface area contributed by atoms with E-state index < -0.39 is 18.7 Å². The predicted molar refractivity (Wildman–Crippen MR) is 144 cm³/mol. The fourth-order valence-corrected chi connectivity index (χ4v) is 5.40. The summed E-state index contributed by atoms with van der Waals surface area (Å²) in [5.41, 5.74) is 5.59. The molecule has 0 radical (unpaired) electrons. The van der Waals surface area contributed by atoms with Gasteiger partial charge in [0.05, 0.1) is 12.2 Å². The molecule has 188 valence electrons. The summed E-state index contributed by atoms with van der Waals surface area (Å²) >= 11 is 12.9. The Kier molecular flexibility index (Phi) is 8.09. The Hall–Kier alpha value is -2.79. The van der Waals surface area contributed by atoms with Crippen molar-refractivity contribution in [1.82, 2.24) is 0 Å². The third kappa shape index (κ3) is 5.46. The summed E-state index contributed by atoms with van der Waals surface area (Å²) in [6, 6.07) is 19.9. The maximum absolute atomic E-state index is 11.3. The number of hydrogen-bond donors (Lipinski definition) is 1. The van der Waals surface area contributed by atoms with Gasteiger partial charge in [0.2, 0.25) is 0 Å². The van der Waals surface area contributed by atoms with Gasteiger partial charge in [-0.1, -0.05) is 77.8 Å². The van der Waals surface area contributed by atoms with Crippen LogP contribution in [-0.4, -0.2) is 17.7 Å². The number of ether oxygens (including phenoxy) is 2. The van der Waals surface area contributed by atoms with E-state index in [1.807, 2.05) is 51.1 Å². The van der Waals surface area contributed by atoms with Crippen molar-refractivity contribution in [3.8, 4) is 5.75 Å². The highest BCUT2D eigenvalue weighted by molar-refractivity contribution is 6.32. The summed E-state index contributed by atoms with van der Waals surface area (Å²) in [5, 5.41) is 10.6. The lowest BCUT2D eigenvalue weighted by Crippen LogP contribution is -2.32. The normalized spacial score (nSPS) is 21.7. The van der Waals surface area contributed by atoms with Crippen molar-refractivity contribution in [2.24, 2.45) is 5.92 Å². The van der Waals surface area contributed by atoms with E-state index in [0.717, 1.165) is 39.8 Å². The Balaban J connectivity index is 1.85. The lowest BCUT2D eigenvalue weighted by molar-refractivity contribution is -0.139. The first-order valence-electron chi connectivity index (χ1n) is 11.9. The molecule has 4 atom stereocenters. The molecule has 3 aromatic carbocycles. The molecule has 1 fully saturated rings. The minimum absolute atomic E-state index is 0.0460. The van der Waals surface area contributed by atoms with Crippen LogP contribution in [0.2, 0.25) is 10.0 Å². The first-order chi connectivity index (χ1) is 17.2. The Morgan fingerprint density at radius 3 is 2.33 bits per heavy atom. The van der Waals surface area contributed by atoms with Crippen LogP contribution in [0.15, 0.2) is 72.8 Å². The molecule has 0 amide bonds. The van der Waals surface area contributed by atoms with Gasteiger partial charge in [0.1, 0.15) is 5.75 Å². The SMILES string of the molecule is C=C(C)[C@H]1C[C@H](c2ccc(Cl)cc2)[C@H](c2ccccc2)O[C@@H]1c1c(OCC(=O)O)cc(C)c(Cl)c1C. The zero-order chi connectivity index (χ0) is 26.0. The standard InChI is InChI=1S/C30H30Cl2O4/c1-17(2)23-15-24(20-10-12-22(31)13-11-20)29(21-8-6-5-7-9-21)36-30(23)27-19(4)28(32)18(3)14-25(27)35-16-26(33)34/h5-14,23-24,29-30H,1,15-16H2,2-4H3,(H,33,34)/t23-,24-,29+,30+/m1/s1. The maximum Gasteiger partial charge on any atom is 0.341 e. The van der Waals surface area contributed by atoms with Gasteiger partial charge < -0.3 is 14.6 Å². The van der Waals surface area contributed by atoms with Gasteiger partial charge in [-0.15, -0.1) is 0 Å². The van der Waals surface area contributed by atoms with Crippen molar-refractivity contribution in [2.75, 3.05) is 6.61 Å². The average molecular weight is 525 g/mol. The summed E-state index contributed by atoms with van der Waals surface area (Å²) in [7, 11) is 0. The molecule has 36 heavy (non-hydrogen) atoms. The zero-order valence-electron chi connectivity index (χ0n) is 20.6. The van der Waals surface area contributed by atoms with Gasteiger partial charge in [-0.2, -0.15) is 0 Å². The molecule has 3 aromatic rings. The van der Waals surface area contributed by atoms with E-state index >= 15 is 0 Å². The van der Waals surface area contributed by atoms with Gasteiger partial charge in [-0.05, 0) is 67.6 Å². The van der Waals surface area contributed by atoms with Crippen LogP contribution in [0.3, 0.4) is 0 Å². The van der Waals surface area contributed by atoms with Crippen LogP contribution in [0.5, 0.6) is 5.75 Å². The van der Waals surface area contributed by atoms with Crippen molar-refractivity contribution in [1.29, 1.82) is 0 Å². The molecule has 0 aromatic heterocycles. The number of carbonyl (C=O) groups is 1. The number of aryl methyl sites for hydroxylation is 1. The highest BCUT2D eigenvalue weighted by Gasteiger charge is 2.42. The van der Waals surface area contributed by atoms with Gasteiger partial charge in [0, 0.05) is 27.4 Å². The van der Waals surface area contributed by atoms with E-state index in [9.17, 15) is 9.90 Å².